The number of amides is 4. The third-order valence-electron chi connectivity index (χ3n) is 6.44. The molecule has 1 spiro atoms. The molecule has 2 saturated heterocycles. The second-order valence-electron chi connectivity index (χ2n) is 8.02. The largest absolute Gasteiger partial charge is 0.370 e. The lowest BCUT2D eigenvalue weighted by Gasteiger charge is -2.31. The summed E-state index contributed by atoms with van der Waals surface area (Å²) in [5, 5.41) is 5.85. The van der Waals surface area contributed by atoms with Gasteiger partial charge in [-0.2, -0.15) is 0 Å². The summed E-state index contributed by atoms with van der Waals surface area (Å²) >= 11 is 0. The van der Waals surface area contributed by atoms with Crippen LogP contribution in [-0.2, 0) is 24.7 Å². The lowest BCUT2D eigenvalue weighted by molar-refractivity contribution is -0.145. The van der Waals surface area contributed by atoms with Crippen LogP contribution < -0.4 is 16.4 Å². The normalized spacial score (nSPS) is 31.2. The fraction of sp³-hybridized carbons (Fsp3) is 0.500. The zero-order chi connectivity index (χ0) is 21.1. The molecule has 1 aromatic carbocycles. The third-order valence-corrected chi connectivity index (χ3v) is 6.44. The highest BCUT2D eigenvalue weighted by molar-refractivity contribution is 6.15. The maximum atomic E-state index is 14.1. The van der Waals surface area contributed by atoms with Crippen molar-refractivity contribution in [2.24, 2.45) is 17.6 Å². The molecule has 9 heteroatoms. The standard InChI is InChI=1S/C20H23FN4O4/c1-3-9(2)25-17(27)15-13(6-7-14(22)26)24-20(16(15)18(25)28)11-8-10(21)4-5-12(11)23-19(20)29/h4-5,8-9,13,15-16,24H,3,6-7H2,1-2H3,(H2,22,26)(H,23,29)/t9?,13?,15-,16+,20?/m1/s1. The number of rotatable bonds is 5. The number of hydrogen-bond acceptors (Lipinski definition) is 5. The fourth-order valence-electron chi connectivity index (χ4n) is 4.96. The van der Waals surface area contributed by atoms with E-state index < -0.39 is 47.0 Å². The van der Waals surface area contributed by atoms with Crippen molar-refractivity contribution in [2.45, 2.75) is 50.7 Å². The van der Waals surface area contributed by atoms with Gasteiger partial charge in [0, 0.05) is 29.8 Å². The lowest BCUT2D eigenvalue weighted by atomic mass is 9.76. The molecule has 8 nitrogen and oxygen atoms in total. The first-order valence-corrected chi connectivity index (χ1v) is 9.76. The Kier molecular flexibility index (Phi) is 4.45. The minimum Gasteiger partial charge on any atom is -0.370 e. The van der Waals surface area contributed by atoms with Crippen molar-refractivity contribution < 1.29 is 23.6 Å². The fourth-order valence-corrected chi connectivity index (χ4v) is 4.96. The first kappa shape index (κ1) is 19.5. The van der Waals surface area contributed by atoms with Gasteiger partial charge in [0.25, 0.3) is 0 Å². The molecule has 3 unspecified atom stereocenters. The molecule has 29 heavy (non-hydrogen) atoms. The number of likely N-dealkylation sites (tertiary alicyclic amines) is 1. The second-order valence-corrected chi connectivity index (χ2v) is 8.02. The Morgan fingerprint density at radius 1 is 1.31 bits per heavy atom. The van der Waals surface area contributed by atoms with E-state index in [0.717, 1.165) is 0 Å². The van der Waals surface area contributed by atoms with Crippen LogP contribution in [0.2, 0.25) is 0 Å². The van der Waals surface area contributed by atoms with Crippen LogP contribution in [0.3, 0.4) is 0 Å². The molecule has 2 fully saturated rings. The highest BCUT2D eigenvalue weighted by Crippen LogP contribution is 2.53. The van der Waals surface area contributed by atoms with Crippen LogP contribution in [0.15, 0.2) is 18.2 Å². The van der Waals surface area contributed by atoms with Gasteiger partial charge in [0.1, 0.15) is 11.4 Å². The number of fused-ring (bicyclic) bond motifs is 4. The molecular formula is C20H23FN4O4. The molecule has 0 aromatic heterocycles. The van der Waals surface area contributed by atoms with Gasteiger partial charge < -0.3 is 11.1 Å². The maximum Gasteiger partial charge on any atom is 0.250 e. The Hall–Kier alpha value is -2.81. The number of carbonyl (C=O) groups is 4. The third kappa shape index (κ3) is 2.60. The van der Waals surface area contributed by atoms with Crippen LogP contribution in [0.4, 0.5) is 10.1 Å². The molecule has 4 rings (SSSR count). The van der Waals surface area contributed by atoms with Crippen LogP contribution in [-0.4, -0.2) is 40.6 Å². The first-order chi connectivity index (χ1) is 13.7. The second kappa shape index (κ2) is 6.62. The molecule has 3 aliphatic rings. The van der Waals surface area contributed by atoms with E-state index in [9.17, 15) is 23.6 Å². The Labute approximate surface area is 167 Å². The number of nitrogens with one attached hydrogen (secondary N) is 2. The number of carbonyl (C=O) groups excluding carboxylic acids is 4. The minimum atomic E-state index is -1.56. The molecule has 4 amide bonds. The summed E-state index contributed by atoms with van der Waals surface area (Å²) in [4.78, 5) is 52.3. The van der Waals surface area contributed by atoms with Crippen molar-refractivity contribution in [3.05, 3.63) is 29.6 Å². The van der Waals surface area contributed by atoms with Crippen molar-refractivity contribution in [3.8, 4) is 0 Å². The molecule has 4 N–H and O–H groups in total. The van der Waals surface area contributed by atoms with Crippen LogP contribution >= 0.6 is 0 Å². The van der Waals surface area contributed by atoms with Crippen LogP contribution in [0, 0.1) is 17.7 Å². The summed E-state index contributed by atoms with van der Waals surface area (Å²) in [7, 11) is 0. The van der Waals surface area contributed by atoms with Gasteiger partial charge in [-0.05, 0) is 38.0 Å². The Morgan fingerprint density at radius 2 is 2.03 bits per heavy atom. The van der Waals surface area contributed by atoms with Crippen molar-refractivity contribution in [3.63, 3.8) is 0 Å². The van der Waals surface area contributed by atoms with Gasteiger partial charge in [0.2, 0.25) is 23.6 Å². The van der Waals surface area contributed by atoms with E-state index in [-0.39, 0.29) is 24.8 Å². The van der Waals surface area contributed by atoms with Gasteiger partial charge in [-0.3, -0.25) is 29.4 Å². The monoisotopic (exact) mass is 402 g/mol. The van der Waals surface area contributed by atoms with E-state index in [1.165, 1.54) is 23.1 Å². The summed E-state index contributed by atoms with van der Waals surface area (Å²) in [5.74, 6) is -4.24. The number of imide groups is 1. The summed E-state index contributed by atoms with van der Waals surface area (Å²) in [5.41, 5.74) is 4.44. The number of anilines is 1. The van der Waals surface area contributed by atoms with E-state index >= 15 is 0 Å². The molecule has 0 aliphatic carbocycles. The summed E-state index contributed by atoms with van der Waals surface area (Å²) in [6.07, 6.45) is 0.768. The predicted octanol–water partition coefficient (Wildman–Crippen LogP) is 0.610. The number of benzene rings is 1. The first-order valence-electron chi connectivity index (χ1n) is 9.76. The van der Waals surface area contributed by atoms with Gasteiger partial charge in [0.15, 0.2) is 0 Å². The number of halogens is 1. The highest BCUT2D eigenvalue weighted by atomic mass is 19.1. The zero-order valence-electron chi connectivity index (χ0n) is 16.2. The molecule has 3 heterocycles. The molecule has 5 atom stereocenters. The van der Waals surface area contributed by atoms with Gasteiger partial charge in [-0.15, -0.1) is 0 Å². The Balaban J connectivity index is 1.85. The molecule has 154 valence electrons. The van der Waals surface area contributed by atoms with E-state index in [1.54, 1.807) is 6.92 Å². The van der Waals surface area contributed by atoms with E-state index in [4.69, 9.17) is 5.73 Å². The average molecular weight is 402 g/mol. The smallest absolute Gasteiger partial charge is 0.250 e. The lowest BCUT2D eigenvalue weighted by Crippen LogP contribution is -2.54. The topological polar surface area (TPSA) is 122 Å². The van der Waals surface area contributed by atoms with E-state index in [0.29, 0.717) is 17.7 Å². The van der Waals surface area contributed by atoms with E-state index in [1.807, 2.05) is 6.92 Å². The number of nitrogens with zero attached hydrogens (tertiary/aromatic N) is 1. The molecular weight excluding hydrogens is 379 g/mol. The summed E-state index contributed by atoms with van der Waals surface area (Å²) in [6, 6.07) is 2.95. The SMILES string of the molecule is CCC(C)N1C(=O)[C@@H]2C(CCC(N)=O)NC3(C(=O)Nc4ccc(F)cc43)[C@@H]2C1=O. The zero-order valence-corrected chi connectivity index (χ0v) is 16.2. The summed E-state index contributed by atoms with van der Waals surface area (Å²) in [6.45, 7) is 3.64. The van der Waals surface area contributed by atoms with Crippen molar-refractivity contribution in [1.82, 2.24) is 10.2 Å². The van der Waals surface area contributed by atoms with Crippen LogP contribution in [0.5, 0.6) is 0 Å². The number of primary amides is 1. The molecule has 3 aliphatic heterocycles. The van der Waals surface area contributed by atoms with Gasteiger partial charge in [-0.1, -0.05) is 6.92 Å². The Bertz CT molecular complexity index is 935. The Morgan fingerprint density at radius 3 is 2.69 bits per heavy atom. The van der Waals surface area contributed by atoms with Crippen molar-refractivity contribution in [2.75, 3.05) is 5.32 Å². The molecule has 0 bridgehead atoms. The average Bonchev–Trinajstić information content (AvgIpc) is 3.25. The maximum absolute atomic E-state index is 14.1. The molecule has 1 aromatic rings. The van der Waals surface area contributed by atoms with Crippen LogP contribution in [0.25, 0.3) is 0 Å². The number of nitrogens with two attached hydrogens (primary N) is 1. The highest BCUT2D eigenvalue weighted by Gasteiger charge is 2.70. The van der Waals surface area contributed by atoms with Gasteiger partial charge >= 0.3 is 0 Å². The van der Waals surface area contributed by atoms with Crippen LogP contribution in [0.1, 0.15) is 38.7 Å². The van der Waals surface area contributed by atoms with Crippen molar-refractivity contribution >= 4 is 29.3 Å². The minimum absolute atomic E-state index is 0.000600. The predicted molar refractivity (Wildman–Crippen MR) is 101 cm³/mol. The quantitative estimate of drug-likeness (QED) is 0.623. The van der Waals surface area contributed by atoms with Gasteiger partial charge in [-0.25, -0.2) is 4.39 Å². The molecule has 0 saturated carbocycles. The summed E-state index contributed by atoms with van der Waals surface area (Å²) < 4.78 is 14.1. The van der Waals surface area contributed by atoms with E-state index in [2.05, 4.69) is 10.6 Å². The van der Waals surface area contributed by atoms with Crippen molar-refractivity contribution in [1.29, 1.82) is 0 Å². The molecule has 0 radical (unpaired) electrons. The van der Waals surface area contributed by atoms with Gasteiger partial charge in [0.05, 0.1) is 11.8 Å². The number of hydrogen-bond donors (Lipinski definition) is 3.